The van der Waals surface area contributed by atoms with Crippen LogP contribution in [0.25, 0.3) is 22.4 Å². The minimum absolute atomic E-state index is 0.0678. The van der Waals surface area contributed by atoms with Gasteiger partial charge in [0.1, 0.15) is 34.8 Å². The van der Waals surface area contributed by atoms with Crippen LogP contribution < -0.4 is 4.74 Å². The average Bonchev–Trinajstić information content (AvgIpc) is 2.84. The summed E-state index contributed by atoms with van der Waals surface area (Å²) in [7, 11) is 1.57. The van der Waals surface area contributed by atoms with Crippen LogP contribution in [0.1, 0.15) is 47.8 Å². The first-order chi connectivity index (χ1) is 16.4. The van der Waals surface area contributed by atoms with Gasteiger partial charge in [-0.1, -0.05) is 6.07 Å². The quantitative estimate of drug-likeness (QED) is 0.420. The van der Waals surface area contributed by atoms with Crippen molar-refractivity contribution in [3.8, 4) is 17.1 Å². The lowest BCUT2D eigenvalue weighted by molar-refractivity contribution is 0.00123. The molecule has 0 unspecified atom stereocenters. The maximum Gasteiger partial charge on any atom is 0.213 e. The SMILES string of the molecule is COc1cccc([C@@H]2C[C@H](c3nc(-c4ccc(F)cc4F)c4nc(C)c(C)nc4n3)CCO2)n1. The van der Waals surface area contributed by atoms with E-state index in [1.165, 1.54) is 12.1 Å². The highest BCUT2D eigenvalue weighted by molar-refractivity contribution is 5.87. The summed E-state index contributed by atoms with van der Waals surface area (Å²) in [4.78, 5) is 23.1. The first-order valence-electron chi connectivity index (χ1n) is 11.0. The van der Waals surface area contributed by atoms with Crippen molar-refractivity contribution in [2.75, 3.05) is 13.7 Å². The molecule has 0 saturated carbocycles. The molecule has 0 aliphatic carbocycles. The fourth-order valence-electron chi connectivity index (χ4n) is 4.14. The third kappa shape index (κ3) is 4.19. The number of aromatic nitrogens is 5. The van der Waals surface area contributed by atoms with Crippen molar-refractivity contribution in [1.82, 2.24) is 24.9 Å². The van der Waals surface area contributed by atoms with Crippen LogP contribution in [0.2, 0.25) is 0 Å². The van der Waals surface area contributed by atoms with Gasteiger partial charge < -0.3 is 9.47 Å². The number of rotatable bonds is 4. The van der Waals surface area contributed by atoms with Crippen molar-refractivity contribution in [3.05, 3.63) is 70.9 Å². The molecule has 3 aromatic heterocycles. The van der Waals surface area contributed by atoms with E-state index in [2.05, 4.69) is 15.0 Å². The van der Waals surface area contributed by atoms with Crippen LogP contribution in [-0.4, -0.2) is 38.6 Å². The second-order valence-electron chi connectivity index (χ2n) is 8.31. The number of pyridine rings is 1. The molecule has 34 heavy (non-hydrogen) atoms. The Hall–Kier alpha value is -3.59. The summed E-state index contributed by atoms with van der Waals surface area (Å²) < 4.78 is 39.6. The van der Waals surface area contributed by atoms with Crippen molar-refractivity contribution in [2.24, 2.45) is 0 Å². The summed E-state index contributed by atoms with van der Waals surface area (Å²) in [6, 6.07) is 8.98. The van der Waals surface area contributed by atoms with E-state index in [9.17, 15) is 8.78 Å². The van der Waals surface area contributed by atoms with Gasteiger partial charge in [0.2, 0.25) is 5.88 Å². The lowest BCUT2D eigenvalue weighted by Crippen LogP contribution is -2.21. The number of aryl methyl sites for hydroxylation is 2. The second-order valence-corrected chi connectivity index (χ2v) is 8.31. The first-order valence-corrected chi connectivity index (χ1v) is 11.0. The molecule has 0 bridgehead atoms. The van der Waals surface area contributed by atoms with E-state index < -0.39 is 11.6 Å². The smallest absolute Gasteiger partial charge is 0.213 e. The number of benzene rings is 1. The van der Waals surface area contributed by atoms with Crippen LogP contribution in [0.3, 0.4) is 0 Å². The Morgan fingerprint density at radius 3 is 2.59 bits per heavy atom. The maximum absolute atomic E-state index is 14.8. The molecule has 4 heterocycles. The van der Waals surface area contributed by atoms with Gasteiger partial charge in [0.05, 0.1) is 24.2 Å². The van der Waals surface area contributed by atoms with Crippen molar-refractivity contribution in [2.45, 2.75) is 38.7 Å². The standard InChI is InChI=1S/C25H23F2N5O2/c1-13-14(2)29-25-23(28-13)22(17-8-7-16(26)12-18(17)27)31-24(32-25)15-9-10-34-20(11-15)19-5-4-6-21(30-19)33-3/h4-8,12,15,20H,9-11H2,1-3H3/t15-,20+/m1/s1. The summed E-state index contributed by atoms with van der Waals surface area (Å²) in [5.74, 6) is -0.394. The number of methoxy groups -OCH3 is 1. The second kappa shape index (κ2) is 8.98. The monoisotopic (exact) mass is 463 g/mol. The molecule has 7 nitrogen and oxygen atoms in total. The molecule has 4 aromatic rings. The topological polar surface area (TPSA) is 82.9 Å². The molecule has 174 valence electrons. The summed E-state index contributed by atoms with van der Waals surface area (Å²) in [5.41, 5.74) is 3.42. The summed E-state index contributed by atoms with van der Waals surface area (Å²) >= 11 is 0. The van der Waals surface area contributed by atoms with E-state index in [0.717, 1.165) is 17.5 Å². The molecule has 1 aromatic carbocycles. The zero-order chi connectivity index (χ0) is 23.8. The number of halogens is 2. The molecule has 1 saturated heterocycles. The maximum atomic E-state index is 14.8. The fraction of sp³-hybridized carbons (Fsp3) is 0.320. The van der Waals surface area contributed by atoms with Gasteiger partial charge in [-0.25, -0.2) is 33.7 Å². The van der Waals surface area contributed by atoms with Gasteiger partial charge in [-0.05, 0) is 44.9 Å². The molecule has 0 spiro atoms. The van der Waals surface area contributed by atoms with Gasteiger partial charge >= 0.3 is 0 Å². The zero-order valence-corrected chi connectivity index (χ0v) is 19.0. The predicted octanol–water partition coefficient (Wildman–Crippen LogP) is 5.02. The molecule has 9 heteroatoms. The Morgan fingerprint density at radius 2 is 1.79 bits per heavy atom. The Balaban J connectivity index is 1.60. The molecule has 2 atom stereocenters. The predicted molar refractivity (Wildman–Crippen MR) is 121 cm³/mol. The van der Waals surface area contributed by atoms with Crippen molar-refractivity contribution >= 4 is 11.2 Å². The van der Waals surface area contributed by atoms with Gasteiger partial charge in [-0.2, -0.15) is 0 Å². The average molecular weight is 463 g/mol. The fourth-order valence-corrected chi connectivity index (χ4v) is 4.14. The van der Waals surface area contributed by atoms with Gasteiger partial charge in [0.25, 0.3) is 0 Å². The van der Waals surface area contributed by atoms with Crippen molar-refractivity contribution < 1.29 is 18.3 Å². The number of hydrogen-bond donors (Lipinski definition) is 0. The summed E-state index contributed by atoms with van der Waals surface area (Å²) in [6.45, 7) is 4.17. The summed E-state index contributed by atoms with van der Waals surface area (Å²) in [5, 5.41) is 0. The molecule has 5 rings (SSSR count). The van der Waals surface area contributed by atoms with Gasteiger partial charge in [0.15, 0.2) is 5.65 Å². The summed E-state index contributed by atoms with van der Waals surface area (Å²) in [6.07, 6.45) is 1.02. The van der Waals surface area contributed by atoms with Gasteiger partial charge in [0, 0.05) is 30.2 Å². The lowest BCUT2D eigenvalue weighted by Gasteiger charge is -2.28. The van der Waals surface area contributed by atoms with Crippen LogP contribution in [0.15, 0.2) is 36.4 Å². The van der Waals surface area contributed by atoms with Crippen LogP contribution >= 0.6 is 0 Å². The Morgan fingerprint density at radius 1 is 0.971 bits per heavy atom. The Kier molecular flexibility index (Phi) is 5.87. The van der Waals surface area contributed by atoms with Crippen LogP contribution in [0, 0.1) is 25.5 Å². The molecule has 1 aliphatic heterocycles. The highest BCUT2D eigenvalue weighted by Gasteiger charge is 2.29. The molecular weight excluding hydrogens is 440 g/mol. The molecule has 0 amide bonds. The van der Waals surface area contributed by atoms with Crippen molar-refractivity contribution in [3.63, 3.8) is 0 Å². The van der Waals surface area contributed by atoms with E-state index in [0.29, 0.717) is 53.7 Å². The van der Waals surface area contributed by atoms with Crippen LogP contribution in [0.5, 0.6) is 5.88 Å². The lowest BCUT2D eigenvalue weighted by atomic mass is 9.92. The number of ether oxygens (including phenoxy) is 2. The highest BCUT2D eigenvalue weighted by Crippen LogP contribution is 2.38. The molecular formula is C25H23F2N5O2. The van der Waals surface area contributed by atoms with E-state index >= 15 is 0 Å². The van der Waals surface area contributed by atoms with Crippen LogP contribution in [0.4, 0.5) is 8.78 Å². The van der Waals surface area contributed by atoms with Crippen molar-refractivity contribution in [1.29, 1.82) is 0 Å². The molecule has 0 radical (unpaired) electrons. The molecule has 1 fully saturated rings. The van der Waals surface area contributed by atoms with E-state index in [-0.39, 0.29) is 17.6 Å². The molecule has 0 N–H and O–H groups in total. The normalized spacial score (nSPS) is 18.3. The van der Waals surface area contributed by atoms with E-state index in [1.807, 2.05) is 26.0 Å². The number of fused-ring (bicyclic) bond motifs is 1. The molecule has 1 aliphatic rings. The zero-order valence-electron chi connectivity index (χ0n) is 19.0. The highest BCUT2D eigenvalue weighted by atomic mass is 19.1. The van der Waals surface area contributed by atoms with Gasteiger partial charge in [-0.3, -0.25) is 0 Å². The minimum atomic E-state index is -0.712. The number of nitrogens with zero attached hydrogens (tertiary/aromatic N) is 5. The first kappa shape index (κ1) is 22.2. The van der Waals surface area contributed by atoms with Crippen LogP contribution in [-0.2, 0) is 4.74 Å². The van der Waals surface area contributed by atoms with E-state index in [4.69, 9.17) is 19.4 Å². The third-order valence-electron chi connectivity index (χ3n) is 6.08. The van der Waals surface area contributed by atoms with Gasteiger partial charge in [-0.15, -0.1) is 0 Å². The minimum Gasteiger partial charge on any atom is -0.481 e. The largest absolute Gasteiger partial charge is 0.481 e. The number of hydrogen-bond acceptors (Lipinski definition) is 7. The Bertz CT molecular complexity index is 1380. The Labute approximate surface area is 195 Å². The van der Waals surface area contributed by atoms with E-state index in [1.54, 1.807) is 13.2 Å². The third-order valence-corrected chi connectivity index (χ3v) is 6.08.